The summed E-state index contributed by atoms with van der Waals surface area (Å²) in [5, 5.41) is 10.3. The summed E-state index contributed by atoms with van der Waals surface area (Å²) in [6.07, 6.45) is 5.67. The SMILES string of the molecule is CC1(C)C2C=CC(C2)C(C)(C)C1O. The van der Waals surface area contributed by atoms with E-state index in [0.29, 0.717) is 11.8 Å². The van der Waals surface area contributed by atoms with E-state index in [4.69, 9.17) is 0 Å². The normalized spacial score (nSPS) is 45.2. The topological polar surface area (TPSA) is 20.2 Å². The second kappa shape index (κ2) is 2.38. The fraction of sp³-hybridized carbons (Fsp3) is 0.833. The first-order chi connectivity index (χ1) is 5.87. The van der Waals surface area contributed by atoms with Crippen LogP contribution in [0.25, 0.3) is 0 Å². The van der Waals surface area contributed by atoms with E-state index in [1.165, 1.54) is 6.42 Å². The maximum absolute atomic E-state index is 10.3. The summed E-state index contributed by atoms with van der Waals surface area (Å²) in [6, 6.07) is 0. The maximum Gasteiger partial charge on any atom is 0.0653 e. The number of aliphatic hydroxyl groups excluding tert-OH is 1. The highest BCUT2D eigenvalue weighted by molar-refractivity contribution is 5.17. The Morgan fingerprint density at radius 3 is 1.77 bits per heavy atom. The summed E-state index contributed by atoms with van der Waals surface area (Å²) < 4.78 is 0. The summed E-state index contributed by atoms with van der Waals surface area (Å²) in [6.45, 7) is 8.76. The van der Waals surface area contributed by atoms with Crippen LogP contribution in [0.4, 0.5) is 0 Å². The van der Waals surface area contributed by atoms with E-state index in [2.05, 4.69) is 39.8 Å². The number of rotatable bonds is 0. The zero-order chi connectivity index (χ0) is 9.85. The first-order valence-electron chi connectivity index (χ1n) is 5.23. The molecule has 2 aliphatic rings. The summed E-state index contributed by atoms with van der Waals surface area (Å²) >= 11 is 0. The molecule has 0 saturated heterocycles. The molecule has 0 spiro atoms. The van der Waals surface area contributed by atoms with Crippen molar-refractivity contribution >= 4 is 0 Å². The first kappa shape index (κ1) is 9.26. The fourth-order valence-corrected chi connectivity index (χ4v) is 3.17. The number of aliphatic hydroxyl groups is 1. The van der Waals surface area contributed by atoms with E-state index in [1.54, 1.807) is 0 Å². The average molecular weight is 180 g/mol. The molecule has 0 aliphatic heterocycles. The largest absolute Gasteiger partial charge is 0.392 e. The molecule has 2 rings (SSSR count). The van der Waals surface area contributed by atoms with Gasteiger partial charge in [-0.05, 0) is 29.1 Å². The Kier molecular flexibility index (Phi) is 1.70. The molecule has 1 heteroatoms. The van der Waals surface area contributed by atoms with Crippen molar-refractivity contribution in [1.29, 1.82) is 0 Å². The van der Waals surface area contributed by atoms with Crippen LogP contribution in [-0.4, -0.2) is 11.2 Å². The van der Waals surface area contributed by atoms with E-state index in [0.717, 1.165) is 0 Å². The monoisotopic (exact) mass is 180 g/mol. The van der Waals surface area contributed by atoms with E-state index in [9.17, 15) is 5.11 Å². The second-order valence-corrected chi connectivity index (χ2v) is 5.88. The number of fused-ring (bicyclic) bond motifs is 2. The van der Waals surface area contributed by atoms with Gasteiger partial charge in [-0.25, -0.2) is 0 Å². The molecule has 2 atom stereocenters. The molecular formula is C12H20O. The third-order valence-electron chi connectivity index (χ3n) is 4.40. The Bertz CT molecular complexity index is 226. The van der Waals surface area contributed by atoms with E-state index in [-0.39, 0.29) is 16.9 Å². The molecule has 0 aromatic carbocycles. The molecule has 13 heavy (non-hydrogen) atoms. The third kappa shape index (κ3) is 1.03. The highest BCUT2D eigenvalue weighted by Gasteiger charge is 2.53. The summed E-state index contributed by atoms with van der Waals surface area (Å²) in [4.78, 5) is 0. The zero-order valence-electron chi connectivity index (χ0n) is 9.04. The van der Waals surface area contributed by atoms with Gasteiger partial charge in [0.15, 0.2) is 0 Å². The molecular weight excluding hydrogens is 160 g/mol. The predicted molar refractivity (Wildman–Crippen MR) is 54.3 cm³/mol. The Balaban J connectivity index is 2.41. The van der Waals surface area contributed by atoms with Crippen molar-refractivity contribution < 1.29 is 5.11 Å². The lowest BCUT2D eigenvalue weighted by Crippen LogP contribution is -2.51. The minimum absolute atomic E-state index is 0.0486. The van der Waals surface area contributed by atoms with Crippen molar-refractivity contribution in [3.05, 3.63) is 12.2 Å². The van der Waals surface area contributed by atoms with Gasteiger partial charge in [-0.2, -0.15) is 0 Å². The Morgan fingerprint density at radius 1 is 1.00 bits per heavy atom. The molecule has 1 fully saturated rings. The first-order valence-corrected chi connectivity index (χ1v) is 5.23. The predicted octanol–water partition coefficient (Wildman–Crippen LogP) is 2.61. The summed E-state index contributed by atoms with van der Waals surface area (Å²) in [5.74, 6) is 1.17. The van der Waals surface area contributed by atoms with Crippen LogP contribution in [0.3, 0.4) is 0 Å². The van der Waals surface area contributed by atoms with Gasteiger partial charge < -0.3 is 5.11 Å². The molecule has 0 radical (unpaired) electrons. The molecule has 1 saturated carbocycles. The van der Waals surface area contributed by atoms with Crippen LogP contribution >= 0.6 is 0 Å². The van der Waals surface area contributed by atoms with Crippen molar-refractivity contribution in [3.8, 4) is 0 Å². The molecule has 0 aromatic rings. The van der Waals surface area contributed by atoms with Crippen LogP contribution in [0, 0.1) is 22.7 Å². The molecule has 2 bridgehead atoms. The van der Waals surface area contributed by atoms with Crippen molar-refractivity contribution in [1.82, 2.24) is 0 Å². The summed E-state index contributed by atoms with van der Waals surface area (Å²) in [5.41, 5.74) is 0.0972. The van der Waals surface area contributed by atoms with Crippen molar-refractivity contribution in [2.75, 3.05) is 0 Å². The Labute approximate surface area is 80.8 Å². The maximum atomic E-state index is 10.3. The van der Waals surface area contributed by atoms with Crippen LogP contribution in [-0.2, 0) is 0 Å². The van der Waals surface area contributed by atoms with Crippen LogP contribution in [0.2, 0.25) is 0 Å². The van der Waals surface area contributed by atoms with Gasteiger partial charge in [0.25, 0.3) is 0 Å². The number of allylic oxidation sites excluding steroid dienone is 2. The van der Waals surface area contributed by atoms with E-state index >= 15 is 0 Å². The lowest BCUT2D eigenvalue weighted by atomic mass is 9.56. The van der Waals surface area contributed by atoms with E-state index < -0.39 is 0 Å². The van der Waals surface area contributed by atoms with Gasteiger partial charge in [0.05, 0.1) is 6.10 Å². The quantitative estimate of drug-likeness (QED) is 0.568. The highest BCUT2D eigenvalue weighted by Crippen LogP contribution is 2.56. The lowest BCUT2D eigenvalue weighted by molar-refractivity contribution is -0.108. The lowest BCUT2D eigenvalue weighted by Gasteiger charge is -2.50. The van der Waals surface area contributed by atoms with Crippen LogP contribution < -0.4 is 0 Å². The van der Waals surface area contributed by atoms with Gasteiger partial charge in [0.2, 0.25) is 0 Å². The molecule has 2 unspecified atom stereocenters. The highest BCUT2D eigenvalue weighted by atomic mass is 16.3. The fourth-order valence-electron chi connectivity index (χ4n) is 3.17. The second-order valence-electron chi connectivity index (χ2n) is 5.88. The smallest absolute Gasteiger partial charge is 0.0653 e. The van der Waals surface area contributed by atoms with Gasteiger partial charge in [-0.15, -0.1) is 0 Å². The molecule has 1 nitrogen and oxygen atoms in total. The molecule has 0 heterocycles. The van der Waals surface area contributed by atoms with Gasteiger partial charge in [-0.1, -0.05) is 39.8 Å². The molecule has 74 valence electrons. The molecule has 0 amide bonds. The third-order valence-corrected chi connectivity index (χ3v) is 4.40. The minimum Gasteiger partial charge on any atom is -0.392 e. The van der Waals surface area contributed by atoms with E-state index in [1.807, 2.05) is 0 Å². The van der Waals surface area contributed by atoms with Gasteiger partial charge in [0.1, 0.15) is 0 Å². The Morgan fingerprint density at radius 2 is 1.38 bits per heavy atom. The standard InChI is InChI=1S/C12H20O/c1-11(2)8-5-6-9(7-8)12(3,4)10(11)13/h5-6,8-10,13H,7H2,1-4H3. The number of hydrogen-bond donors (Lipinski definition) is 1. The van der Waals surface area contributed by atoms with Crippen molar-refractivity contribution in [2.45, 2.75) is 40.2 Å². The Hall–Kier alpha value is -0.300. The summed E-state index contributed by atoms with van der Waals surface area (Å²) in [7, 11) is 0. The van der Waals surface area contributed by atoms with Crippen LogP contribution in [0.15, 0.2) is 12.2 Å². The number of hydrogen-bond acceptors (Lipinski definition) is 1. The van der Waals surface area contributed by atoms with Crippen molar-refractivity contribution in [2.24, 2.45) is 22.7 Å². The van der Waals surface area contributed by atoms with Crippen LogP contribution in [0.5, 0.6) is 0 Å². The average Bonchev–Trinajstić information content (AvgIpc) is 2.48. The minimum atomic E-state index is -0.182. The van der Waals surface area contributed by atoms with Crippen LogP contribution in [0.1, 0.15) is 34.1 Å². The van der Waals surface area contributed by atoms with Gasteiger partial charge in [0, 0.05) is 0 Å². The molecule has 1 N–H and O–H groups in total. The zero-order valence-corrected chi connectivity index (χ0v) is 9.04. The van der Waals surface area contributed by atoms with Crippen molar-refractivity contribution in [3.63, 3.8) is 0 Å². The van der Waals surface area contributed by atoms with Gasteiger partial charge in [-0.3, -0.25) is 0 Å². The molecule has 2 aliphatic carbocycles. The molecule has 0 aromatic heterocycles. The van der Waals surface area contributed by atoms with Gasteiger partial charge >= 0.3 is 0 Å².